The molecule has 0 radical (unpaired) electrons. The molecule has 0 aliphatic carbocycles. The molecule has 0 aliphatic rings. The maximum Gasteiger partial charge on any atom is 0.513 e. The molecule has 0 spiro atoms. The molecular formula is C20H21F5NO5P. The summed E-state index contributed by atoms with van der Waals surface area (Å²) < 4.78 is 96.9. The van der Waals surface area contributed by atoms with Crippen LogP contribution in [0.3, 0.4) is 0 Å². The first-order valence-corrected chi connectivity index (χ1v) is 11.1. The molecule has 0 aliphatic heterocycles. The van der Waals surface area contributed by atoms with E-state index in [1.165, 1.54) is 31.2 Å². The highest BCUT2D eigenvalue weighted by Gasteiger charge is 2.38. The molecular weight excluding hydrogens is 460 g/mol. The van der Waals surface area contributed by atoms with Crippen molar-refractivity contribution in [3.8, 4) is 11.5 Å². The van der Waals surface area contributed by atoms with Crippen LogP contribution < -0.4 is 14.1 Å². The fourth-order valence-electron chi connectivity index (χ4n) is 2.49. The number of nitrogens with one attached hydrogen (secondary N) is 1. The zero-order valence-electron chi connectivity index (χ0n) is 17.3. The van der Waals surface area contributed by atoms with Crippen molar-refractivity contribution in [3.05, 3.63) is 59.4 Å². The number of esters is 1. The third kappa shape index (κ3) is 5.98. The Morgan fingerprint density at radius 3 is 1.91 bits per heavy atom. The highest BCUT2D eigenvalue weighted by molar-refractivity contribution is 7.52. The predicted molar refractivity (Wildman–Crippen MR) is 105 cm³/mol. The van der Waals surface area contributed by atoms with E-state index in [4.69, 9.17) is 9.26 Å². The lowest BCUT2D eigenvalue weighted by molar-refractivity contribution is -0.151. The van der Waals surface area contributed by atoms with Crippen LogP contribution in [0.2, 0.25) is 0 Å². The quantitative estimate of drug-likeness (QED) is 0.155. The summed E-state index contributed by atoms with van der Waals surface area (Å²) in [4.78, 5) is 12.3. The van der Waals surface area contributed by atoms with Gasteiger partial charge >= 0.3 is 13.7 Å². The van der Waals surface area contributed by atoms with Crippen LogP contribution in [0.25, 0.3) is 0 Å². The van der Waals surface area contributed by atoms with Crippen molar-refractivity contribution in [3.63, 3.8) is 0 Å². The second-order valence-corrected chi connectivity index (χ2v) is 8.24. The van der Waals surface area contributed by atoms with Gasteiger partial charge in [-0.05, 0) is 31.9 Å². The Labute approximate surface area is 181 Å². The van der Waals surface area contributed by atoms with E-state index < -0.39 is 60.7 Å². The van der Waals surface area contributed by atoms with Gasteiger partial charge in [-0.25, -0.2) is 17.7 Å². The maximum absolute atomic E-state index is 14.1. The van der Waals surface area contributed by atoms with Gasteiger partial charge in [-0.1, -0.05) is 32.0 Å². The summed E-state index contributed by atoms with van der Waals surface area (Å²) in [5.74, 6) is -14.6. The van der Waals surface area contributed by atoms with Gasteiger partial charge in [0.2, 0.25) is 34.8 Å². The molecule has 6 nitrogen and oxygen atoms in total. The zero-order chi connectivity index (χ0) is 24.1. The summed E-state index contributed by atoms with van der Waals surface area (Å²) >= 11 is 0. The monoisotopic (exact) mass is 481 g/mol. The van der Waals surface area contributed by atoms with E-state index in [0.29, 0.717) is 12.8 Å². The van der Waals surface area contributed by atoms with Crippen LogP contribution in [0.15, 0.2) is 30.3 Å². The van der Waals surface area contributed by atoms with Crippen LogP contribution in [-0.2, 0) is 14.1 Å². The molecule has 2 aromatic rings. The van der Waals surface area contributed by atoms with Gasteiger partial charge in [-0.3, -0.25) is 4.79 Å². The van der Waals surface area contributed by atoms with E-state index in [9.17, 15) is 31.3 Å². The third-order valence-electron chi connectivity index (χ3n) is 4.25. The highest BCUT2D eigenvalue weighted by Crippen LogP contribution is 2.47. The minimum Gasteiger partial charge on any atom is -0.461 e. The van der Waals surface area contributed by atoms with Crippen molar-refractivity contribution in [2.45, 2.75) is 45.8 Å². The van der Waals surface area contributed by atoms with Gasteiger partial charge in [-0.2, -0.15) is 13.9 Å². The minimum absolute atomic E-state index is 0.132. The maximum atomic E-state index is 14.1. The van der Waals surface area contributed by atoms with Gasteiger partial charge in [0.15, 0.2) is 0 Å². The first-order chi connectivity index (χ1) is 15.0. The van der Waals surface area contributed by atoms with Crippen molar-refractivity contribution < 1.29 is 45.1 Å². The first kappa shape index (κ1) is 25.6. The number of halogens is 5. The number of carbonyl (C=O) groups excluding carboxylic acids is 1. The summed E-state index contributed by atoms with van der Waals surface area (Å²) in [6.07, 6.45) is 0.542. The molecule has 0 heterocycles. The lowest BCUT2D eigenvalue weighted by Crippen LogP contribution is -2.37. The molecule has 2 aromatic carbocycles. The van der Waals surface area contributed by atoms with E-state index in [1.807, 2.05) is 0 Å². The SMILES string of the molecule is CCC(CC)OC(=O)C(C)NP(=O)(Oc1ccccc1)Oc1c(F)c(F)c(F)c(F)c1F. The second kappa shape index (κ2) is 10.8. The average Bonchev–Trinajstić information content (AvgIpc) is 2.78. The van der Waals surface area contributed by atoms with Gasteiger partial charge in [0, 0.05) is 0 Å². The van der Waals surface area contributed by atoms with Crippen molar-refractivity contribution in [2.75, 3.05) is 0 Å². The fourth-order valence-corrected chi connectivity index (χ4v) is 4.01. The van der Waals surface area contributed by atoms with Gasteiger partial charge in [0.1, 0.15) is 17.9 Å². The molecule has 0 aromatic heterocycles. The minimum atomic E-state index is -4.93. The van der Waals surface area contributed by atoms with Crippen molar-refractivity contribution >= 4 is 13.7 Å². The van der Waals surface area contributed by atoms with Crippen LogP contribution in [0.1, 0.15) is 33.6 Å². The van der Waals surface area contributed by atoms with Crippen molar-refractivity contribution in [1.29, 1.82) is 0 Å². The molecule has 176 valence electrons. The smallest absolute Gasteiger partial charge is 0.461 e. The van der Waals surface area contributed by atoms with Crippen molar-refractivity contribution in [1.82, 2.24) is 5.09 Å². The van der Waals surface area contributed by atoms with Crippen molar-refractivity contribution in [2.24, 2.45) is 0 Å². The molecule has 0 saturated carbocycles. The molecule has 0 amide bonds. The molecule has 2 unspecified atom stereocenters. The molecule has 0 bridgehead atoms. The van der Waals surface area contributed by atoms with Crippen LogP contribution in [-0.4, -0.2) is 18.1 Å². The van der Waals surface area contributed by atoms with E-state index >= 15 is 0 Å². The standard InChI is InChI=1S/C20H21F5NO5P/c1-4-12(5-2)29-20(27)11(3)26-32(28,30-13-9-7-6-8-10-13)31-19-17(24)15(22)14(21)16(23)18(19)25/h6-12H,4-5H2,1-3H3,(H,26,28). The summed E-state index contributed by atoms with van der Waals surface area (Å²) in [6.45, 7) is 4.75. The van der Waals surface area contributed by atoms with E-state index in [1.54, 1.807) is 19.9 Å². The second-order valence-electron chi connectivity index (χ2n) is 6.62. The number of carbonyl (C=O) groups is 1. The highest BCUT2D eigenvalue weighted by atomic mass is 31.2. The van der Waals surface area contributed by atoms with Crippen LogP contribution in [0, 0.1) is 29.1 Å². The largest absolute Gasteiger partial charge is 0.513 e. The van der Waals surface area contributed by atoms with Gasteiger partial charge in [0.25, 0.3) is 0 Å². The zero-order valence-corrected chi connectivity index (χ0v) is 18.2. The predicted octanol–water partition coefficient (Wildman–Crippen LogP) is 5.66. The normalized spacial score (nSPS) is 14.0. The van der Waals surface area contributed by atoms with Gasteiger partial charge in [-0.15, -0.1) is 0 Å². The summed E-state index contributed by atoms with van der Waals surface area (Å²) in [5.41, 5.74) is 0. The number of hydrogen-bond acceptors (Lipinski definition) is 5. The van der Waals surface area contributed by atoms with Crippen LogP contribution in [0.5, 0.6) is 11.5 Å². The molecule has 12 heteroatoms. The fraction of sp³-hybridized carbons (Fsp3) is 0.350. The molecule has 0 fully saturated rings. The number of hydrogen-bond donors (Lipinski definition) is 1. The lowest BCUT2D eigenvalue weighted by Gasteiger charge is -2.24. The molecule has 32 heavy (non-hydrogen) atoms. The topological polar surface area (TPSA) is 73.9 Å². The Kier molecular flexibility index (Phi) is 8.63. The summed E-state index contributed by atoms with van der Waals surface area (Å²) in [6, 6.07) is 5.69. The Morgan fingerprint density at radius 1 is 0.906 bits per heavy atom. The summed E-state index contributed by atoms with van der Waals surface area (Å²) in [5, 5.41) is 2.12. The summed E-state index contributed by atoms with van der Waals surface area (Å²) in [7, 11) is -4.93. The number of ether oxygens (including phenoxy) is 1. The molecule has 0 saturated heterocycles. The third-order valence-corrected chi connectivity index (χ3v) is 5.83. The van der Waals surface area contributed by atoms with E-state index in [2.05, 4.69) is 9.61 Å². The van der Waals surface area contributed by atoms with Crippen LogP contribution in [0.4, 0.5) is 22.0 Å². The Bertz CT molecular complexity index is 975. The lowest BCUT2D eigenvalue weighted by atomic mass is 10.2. The molecule has 1 N–H and O–H groups in total. The molecule has 2 rings (SSSR count). The Hall–Kier alpha value is -2.65. The first-order valence-electron chi connectivity index (χ1n) is 9.56. The van der Waals surface area contributed by atoms with Gasteiger partial charge in [0.05, 0.1) is 0 Å². The number of benzene rings is 2. The van der Waals surface area contributed by atoms with E-state index in [-0.39, 0.29) is 5.75 Å². The average molecular weight is 481 g/mol. The van der Waals surface area contributed by atoms with E-state index in [0.717, 1.165) is 0 Å². The number of rotatable bonds is 10. The Morgan fingerprint density at radius 2 is 1.41 bits per heavy atom. The Balaban J connectivity index is 2.41. The van der Waals surface area contributed by atoms with Gasteiger partial charge < -0.3 is 13.8 Å². The molecule has 2 atom stereocenters. The number of para-hydroxylation sites is 1. The van der Waals surface area contributed by atoms with Crippen LogP contribution >= 0.6 is 7.75 Å².